The molecule has 86 valence electrons. The van der Waals surface area contributed by atoms with Crippen molar-refractivity contribution in [2.75, 3.05) is 11.1 Å². The summed E-state index contributed by atoms with van der Waals surface area (Å²) < 4.78 is 1.13. The highest BCUT2D eigenvalue weighted by Crippen LogP contribution is 2.28. The summed E-state index contributed by atoms with van der Waals surface area (Å²) in [5.41, 5.74) is 2.39. The van der Waals surface area contributed by atoms with Gasteiger partial charge < -0.3 is 5.32 Å². The minimum absolute atomic E-state index is 0.0644. The summed E-state index contributed by atoms with van der Waals surface area (Å²) in [7, 11) is 0. The Bertz CT molecular complexity index is 441. The van der Waals surface area contributed by atoms with Crippen molar-refractivity contribution in [3.8, 4) is 0 Å². The van der Waals surface area contributed by atoms with Crippen LogP contribution in [0.5, 0.6) is 0 Å². The zero-order valence-electron chi connectivity index (χ0n) is 9.67. The van der Waals surface area contributed by atoms with Crippen molar-refractivity contribution in [3.63, 3.8) is 0 Å². The SMILES string of the molecule is Cc1ccc(NC2=NC(C)(C)CS2)cc1Br. The molecule has 2 nitrogen and oxygen atoms in total. The molecule has 0 unspecified atom stereocenters. The fourth-order valence-electron chi connectivity index (χ4n) is 1.44. The van der Waals surface area contributed by atoms with Crippen molar-refractivity contribution in [2.24, 2.45) is 4.99 Å². The molecule has 0 aromatic heterocycles. The predicted molar refractivity (Wildman–Crippen MR) is 76.5 cm³/mol. The van der Waals surface area contributed by atoms with E-state index in [2.05, 4.69) is 65.2 Å². The first-order valence-corrected chi connectivity index (χ1v) is 7.00. The lowest BCUT2D eigenvalue weighted by Crippen LogP contribution is -2.15. The maximum atomic E-state index is 4.62. The fraction of sp³-hybridized carbons (Fsp3) is 0.417. The summed E-state index contributed by atoms with van der Waals surface area (Å²) in [6.07, 6.45) is 0. The van der Waals surface area contributed by atoms with E-state index >= 15 is 0 Å². The molecule has 1 N–H and O–H groups in total. The van der Waals surface area contributed by atoms with Gasteiger partial charge in [0.15, 0.2) is 5.17 Å². The van der Waals surface area contributed by atoms with Crippen molar-refractivity contribution in [2.45, 2.75) is 26.3 Å². The Labute approximate surface area is 109 Å². The largest absolute Gasteiger partial charge is 0.335 e. The van der Waals surface area contributed by atoms with Crippen LogP contribution in [0.3, 0.4) is 0 Å². The lowest BCUT2D eigenvalue weighted by atomic mass is 10.1. The normalized spacial score (nSPS) is 18.4. The van der Waals surface area contributed by atoms with E-state index in [1.165, 1.54) is 5.56 Å². The van der Waals surface area contributed by atoms with Gasteiger partial charge in [-0.05, 0) is 38.5 Å². The number of benzene rings is 1. The molecule has 1 aliphatic heterocycles. The molecule has 0 fully saturated rings. The Morgan fingerprint density at radius 1 is 1.44 bits per heavy atom. The number of anilines is 1. The van der Waals surface area contributed by atoms with Gasteiger partial charge in [0.2, 0.25) is 0 Å². The molecule has 0 amide bonds. The number of nitrogens with one attached hydrogen (secondary N) is 1. The summed E-state index contributed by atoms with van der Waals surface area (Å²) in [5, 5.41) is 4.36. The summed E-state index contributed by atoms with van der Waals surface area (Å²) in [5.74, 6) is 1.04. The molecule has 4 heteroatoms. The Balaban J connectivity index is 2.13. The molecule has 1 aromatic rings. The number of hydrogen-bond acceptors (Lipinski definition) is 3. The Kier molecular flexibility index (Phi) is 3.31. The van der Waals surface area contributed by atoms with E-state index in [1.807, 2.05) is 0 Å². The molecular formula is C12H15BrN2S. The molecule has 1 heterocycles. The standard InChI is InChI=1S/C12H15BrN2S/c1-8-4-5-9(6-10(8)13)14-11-15-12(2,3)7-16-11/h4-6H,7H2,1-3H3,(H,14,15). The maximum absolute atomic E-state index is 4.62. The molecule has 1 aliphatic rings. The molecule has 16 heavy (non-hydrogen) atoms. The lowest BCUT2D eigenvalue weighted by Gasteiger charge is -2.09. The van der Waals surface area contributed by atoms with Crippen LogP contribution in [0.4, 0.5) is 5.69 Å². The molecule has 0 atom stereocenters. The number of rotatable bonds is 1. The van der Waals surface area contributed by atoms with Crippen LogP contribution in [-0.2, 0) is 0 Å². The third-order valence-electron chi connectivity index (χ3n) is 2.39. The van der Waals surface area contributed by atoms with Crippen LogP contribution in [0.25, 0.3) is 0 Å². The molecule has 0 saturated carbocycles. The van der Waals surface area contributed by atoms with Gasteiger partial charge in [0.25, 0.3) is 0 Å². The molecule has 0 spiro atoms. The number of halogens is 1. The van der Waals surface area contributed by atoms with Gasteiger partial charge in [0.1, 0.15) is 0 Å². The van der Waals surface area contributed by atoms with Gasteiger partial charge in [-0.1, -0.05) is 33.8 Å². The molecule has 1 aromatic carbocycles. The van der Waals surface area contributed by atoms with Crippen LogP contribution < -0.4 is 5.32 Å². The van der Waals surface area contributed by atoms with E-state index in [9.17, 15) is 0 Å². The molecule has 0 bridgehead atoms. The third-order valence-corrected chi connectivity index (χ3v) is 4.56. The van der Waals surface area contributed by atoms with Crippen LogP contribution >= 0.6 is 27.7 Å². The number of amidine groups is 1. The zero-order valence-corrected chi connectivity index (χ0v) is 12.1. The Morgan fingerprint density at radius 2 is 2.19 bits per heavy atom. The average Bonchev–Trinajstić information content (AvgIpc) is 2.52. The second kappa shape index (κ2) is 4.41. The Morgan fingerprint density at radius 3 is 2.75 bits per heavy atom. The second-order valence-electron chi connectivity index (χ2n) is 4.61. The highest BCUT2D eigenvalue weighted by Gasteiger charge is 2.25. The summed E-state index contributed by atoms with van der Waals surface area (Å²) in [6, 6.07) is 6.26. The van der Waals surface area contributed by atoms with Crippen molar-refractivity contribution >= 4 is 38.5 Å². The molecule has 0 aliphatic carbocycles. The topological polar surface area (TPSA) is 24.4 Å². The smallest absolute Gasteiger partial charge is 0.161 e. The van der Waals surface area contributed by atoms with Gasteiger partial charge in [-0.25, -0.2) is 0 Å². The fourth-order valence-corrected chi connectivity index (χ4v) is 2.88. The average molecular weight is 299 g/mol. The lowest BCUT2D eigenvalue weighted by molar-refractivity contribution is 0.605. The summed E-state index contributed by atoms with van der Waals surface area (Å²) in [4.78, 5) is 4.62. The van der Waals surface area contributed by atoms with E-state index < -0.39 is 0 Å². The van der Waals surface area contributed by atoms with Crippen LogP contribution in [0.1, 0.15) is 19.4 Å². The maximum Gasteiger partial charge on any atom is 0.161 e. The van der Waals surface area contributed by atoms with Crippen LogP contribution in [0, 0.1) is 6.92 Å². The molecule has 0 saturated heterocycles. The van der Waals surface area contributed by atoms with Gasteiger partial charge in [-0.3, -0.25) is 4.99 Å². The van der Waals surface area contributed by atoms with Crippen LogP contribution in [-0.4, -0.2) is 16.5 Å². The Hall–Kier alpha value is -0.480. The third kappa shape index (κ3) is 2.80. The van der Waals surface area contributed by atoms with Gasteiger partial charge in [0.05, 0.1) is 5.54 Å². The summed E-state index contributed by atoms with van der Waals surface area (Å²) in [6.45, 7) is 6.39. The number of aryl methyl sites for hydroxylation is 1. The van der Waals surface area contributed by atoms with Crippen molar-refractivity contribution < 1.29 is 0 Å². The van der Waals surface area contributed by atoms with Crippen LogP contribution in [0.2, 0.25) is 0 Å². The first-order chi connectivity index (χ1) is 7.46. The van der Waals surface area contributed by atoms with Crippen molar-refractivity contribution in [3.05, 3.63) is 28.2 Å². The minimum Gasteiger partial charge on any atom is -0.335 e. The first kappa shape index (κ1) is 12.0. The number of hydrogen-bond donors (Lipinski definition) is 1. The van der Waals surface area contributed by atoms with E-state index in [1.54, 1.807) is 11.8 Å². The summed E-state index contributed by atoms with van der Waals surface area (Å²) >= 11 is 5.31. The monoisotopic (exact) mass is 298 g/mol. The van der Waals surface area contributed by atoms with E-state index in [0.717, 1.165) is 21.1 Å². The zero-order chi connectivity index (χ0) is 11.8. The first-order valence-electron chi connectivity index (χ1n) is 5.22. The van der Waals surface area contributed by atoms with E-state index in [-0.39, 0.29) is 5.54 Å². The number of aliphatic imine (C=N–C) groups is 1. The molecule has 0 radical (unpaired) electrons. The van der Waals surface area contributed by atoms with E-state index in [4.69, 9.17) is 0 Å². The molecular weight excluding hydrogens is 284 g/mol. The minimum atomic E-state index is 0.0644. The highest BCUT2D eigenvalue weighted by atomic mass is 79.9. The van der Waals surface area contributed by atoms with Gasteiger partial charge >= 0.3 is 0 Å². The van der Waals surface area contributed by atoms with E-state index in [0.29, 0.717) is 0 Å². The van der Waals surface area contributed by atoms with Crippen molar-refractivity contribution in [1.82, 2.24) is 0 Å². The quantitative estimate of drug-likeness (QED) is 0.846. The van der Waals surface area contributed by atoms with Crippen LogP contribution in [0.15, 0.2) is 27.7 Å². The van der Waals surface area contributed by atoms with Gasteiger partial charge in [-0.15, -0.1) is 0 Å². The van der Waals surface area contributed by atoms with Gasteiger partial charge in [-0.2, -0.15) is 0 Å². The van der Waals surface area contributed by atoms with Crippen molar-refractivity contribution in [1.29, 1.82) is 0 Å². The number of thioether (sulfide) groups is 1. The predicted octanol–water partition coefficient (Wildman–Crippen LogP) is 4.05. The second-order valence-corrected chi connectivity index (χ2v) is 6.43. The van der Waals surface area contributed by atoms with Gasteiger partial charge in [0, 0.05) is 15.9 Å². The number of nitrogens with zero attached hydrogens (tertiary/aromatic N) is 1. The molecule has 2 rings (SSSR count). The highest BCUT2D eigenvalue weighted by molar-refractivity contribution is 9.10.